The van der Waals surface area contributed by atoms with Gasteiger partial charge in [0.25, 0.3) is 0 Å². The fourth-order valence-electron chi connectivity index (χ4n) is 2.27. The van der Waals surface area contributed by atoms with Gasteiger partial charge in [-0.25, -0.2) is 4.79 Å². The van der Waals surface area contributed by atoms with Crippen LogP contribution in [0, 0.1) is 0 Å². The van der Waals surface area contributed by atoms with Crippen LogP contribution in [0.15, 0.2) is 54.8 Å². The Balaban J connectivity index is 1.52. The van der Waals surface area contributed by atoms with Gasteiger partial charge in [-0.15, -0.1) is 0 Å². The summed E-state index contributed by atoms with van der Waals surface area (Å²) in [6.45, 7) is 2.91. The van der Waals surface area contributed by atoms with Crippen LogP contribution in [0.2, 0.25) is 0 Å². The molecule has 5 heteroatoms. The van der Waals surface area contributed by atoms with E-state index in [2.05, 4.69) is 4.90 Å². The molecule has 1 saturated heterocycles. The summed E-state index contributed by atoms with van der Waals surface area (Å²) in [5.74, 6) is 0. The second-order valence-corrected chi connectivity index (χ2v) is 5.33. The van der Waals surface area contributed by atoms with Crippen LogP contribution in [0.25, 0.3) is 0 Å². The molecule has 0 aliphatic carbocycles. The maximum Gasteiger partial charge on any atom is 0.416 e. The molecule has 2 aliphatic rings. The van der Waals surface area contributed by atoms with Gasteiger partial charge in [0.1, 0.15) is 13.3 Å². The molecule has 2 aliphatic heterocycles. The number of allylic oxidation sites excluding steroid dienone is 2. The van der Waals surface area contributed by atoms with E-state index in [1.54, 1.807) is 12.3 Å². The molecule has 5 nitrogen and oxygen atoms in total. The third-order valence-electron chi connectivity index (χ3n) is 3.70. The fourth-order valence-corrected chi connectivity index (χ4v) is 2.27. The zero-order chi connectivity index (χ0) is 15.2. The Morgan fingerprint density at radius 1 is 1.18 bits per heavy atom. The highest BCUT2D eigenvalue weighted by Crippen LogP contribution is 2.15. The minimum atomic E-state index is -0.408. The van der Waals surface area contributed by atoms with Crippen molar-refractivity contribution in [1.82, 2.24) is 9.80 Å². The number of rotatable bonds is 5. The van der Waals surface area contributed by atoms with Crippen LogP contribution in [-0.2, 0) is 16.1 Å². The van der Waals surface area contributed by atoms with Crippen LogP contribution >= 0.6 is 0 Å². The Bertz CT molecular complexity index is 552. The summed E-state index contributed by atoms with van der Waals surface area (Å²) in [5, 5.41) is 0. The number of hydrogen-bond donors (Lipinski definition) is 0. The van der Waals surface area contributed by atoms with E-state index in [0.29, 0.717) is 6.73 Å². The number of hydrogen-bond acceptors (Lipinski definition) is 4. The summed E-state index contributed by atoms with van der Waals surface area (Å²) < 4.78 is 11.1. The first-order valence-corrected chi connectivity index (χ1v) is 7.51. The van der Waals surface area contributed by atoms with Crippen molar-refractivity contribution in [3.05, 3.63) is 60.3 Å². The molecule has 1 aromatic carbocycles. The van der Waals surface area contributed by atoms with Crippen molar-refractivity contribution >= 4 is 6.09 Å². The van der Waals surface area contributed by atoms with Gasteiger partial charge in [-0.3, -0.25) is 9.80 Å². The van der Waals surface area contributed by atoms with E-state index in [-0.39, 0.29) is 6.61 Å². The van der Waals surface area contributed by atoms with Gasteiger partial charge in [0, 0.05) is 19.3 Å². The first-order valence-electron chi connectivity index (χ1n) is 7.51. The van der Waals surface area contributed by atoms with E-state index >= 15 is 0 Å². The second-order valence-electron chi connectivity index (χ2n) is 5.33. The molecular formula is C17H20N2O3. The van der Waals surface area contributed by atoms with Crippen LogP contribution in [0.1, 0.15) is 12.0 Å². The van der Waals surface area contributed by atoms with Crippen molar-refractivity contribution in [2.75, 3.05) is 19.8 Å². The minimum Gasteiger partial charge on any atom is -0.444 e. The Kier molecular flexibility index (Phi) is 4.88. The first-order chi connectivity index (χ1) is 10.8. The fraction of sp³-hybridized carbons (Fsp3) is 0.353. The van der Waals surface area contributed by atoms with E-state index in [9.17, 15) is 4.79 Å². The molecule has 22 heavy (non-hydrogen) atoms. The van der Waals surface area contributed by atoms with Gasteiger partial charge in [0.2, 0.25) is 0 Å². The molecule has 0 bridgehead atoms. The Morgan fingerprint density at radius 2 is 2.00 bits per heavy atom. The molecule has 1 atom stereocenters. The summed E-state index contributed by atoms with van der Waals surface area (Å²) in [6.07, 6.45) is 7.62. The molecule has 2 heterocycles. The van der Waals surface area contributed by atoms with Crippen molar-refractivity contribution < 1.29 is 14.3 Å². The van der Waals surface area contributed by atoms with Crippen molar-refractivity contribution in [2.45, 2.75) is 19.3 Å². The number of benzene rings is 1. The van der Waals surface area contributed by atoms with E-state index in [4.69, 9.17) is 9.47 Å². The topological polar surface area (TPSA) is 42.0 Å². The lowest BCUT2D eigenvalue weighted by atomic mass is 10.2. The third-order valence-corrected chi connectivity index (χ3v) is 3.70. The molecule has 0 spiro atoms. The van der Waals surface area contributed by atoms with E-state index in [0.717, 1.165) is 18.7 Å². The lowest BCUT2D eigenvalue weighted by Crippen LogP contribution is -2.44. The molecule has 0 radical (unpaired) electrons. The summed E-state index contributed by atoms with van der Waals surface area (Å²) in [6, 6.07) is 9.63. The summed E-state index contributed by atoms with van der Waals surface area (Å²) in [4.78, 5) is 15.9. The first kappa shape index (κ1) is 14.8. The predicted octanol–water partition coefficient (Wildman–Crippen LogP) is 2.71. The molecule has 116 valence electrons. The molecule has 0 saturated carbocycles. The van der Waals surface area contributed by atoms with E-state index < -0.39 is 12.3 Å². The van der Waals surface area contributed by atoms with E-state index in [1.807, 2.05) is 42.5 Å². The maximum absolute atomic E-state index is 12.2. The number of carbonyl (C=O) groups excluding carboxylic acids is 1. The second kappa shape index (κ2) is 7.24. The number of ether oxygens (including phenoxy) is 2. The van der Waals surface area contributed by atoms with Crippen molar-refractivity contribution in [1.29, 1.82) is 0 Å². The van der Waals surface area contributed by atoms with Gasteiger partial charge >= 0.3 is 6.09 Å². The highest BCUT2D eigenvalue weighted by atomic mass is 16.6. The van der Waals surface area contributed by atoms with Gasteiger partial charge in [0.05, 0.1) is 0 Å². The smallest absolute Gasteiger partial charge is 0.416 e. The van der Waals surface area contributed by atoms with Crippen LogP contribution < -0.4 is 0 Å². The minimum absolute atomic E-state index is 0.257. The maximum atomic E-state index is 12.2. The molecule has 1 aromatic rings. The van der Waals surface area contributed by atoms with Crippen molar-refractivity contribution in [3.63, 3.8) is 0 Å². The monoisotopic (exact) mass is 300 g/mol. The summed E-state index contributed by atoms with van der Waals surface area (Å²) in [5.41, 5.74) is 0.963. The normalized spacial score (nSPS) is 20.7. The summed E-state index contributed by atoms with van der Waals surface area (Å²) in [7, 11) is 0. The standard InChI is InChI=1S/C17H20N2O3/c20-17(21-13-15-7-2-1-3-8-15)19-12-5-4-9-16(19)22-14-18-10-6-11-18/h1-5,7-9,12,16H,6,10-11,13-14H2/t16-/m1/s1. The highest BCUT2D eigenvalue weighted by Gasteiger charge is 2.25. The SMILES string of the molecule is O=C(OCc1ccccc1)N1C=CC=C[C@H]1OCN1CCC1. The molecule has 0 N–H and O–H groups in total. The number of nitrogens with zero attached hydrogens (tertiary/aromatic N) is 2. The average molecular weight is 300 g/mol. The molecule has 3 rings (SSSR count). The van der Waals surface area contributed by atoms with Gasteiger partial charge in [-0.2, -0.15) is 0 Å². The zero-order valence-electron chi connectivity index (χ0n) is 12.4. The van der Waals surface area contributed by atoms with Gasteiger partial charge < -0.3 is 9.47 Å². The van der Waals surface area contributed by atoms with Crippen molar-refractivity contribution in [2.24, 2.45) is 0 Å². The predicted molar refractivity (Wildman–Crippen MR) is 82.7 cm³/mol. The van der Waals surface area contributed by atoms with Gasteiger partial charge in [-0.05, 0) is 24.1 Å². The summed E-state index contributed by atoms with van der Waals surface area (Å²) >= 11 is 0. The van der Waals surface area contributed by atoms with E-state index in [1.165, 1.54) is 11.3 Å². The lowest BCUT2D eigenvalue weighted by Gasteiger charge is -2.34. The van der Waals surface area contributed by atoms with Crippen LogP contribution in [-0.4, -0.2) is 41.9 Å². The molecule has 0 unspecified atom stereocenters. The third kappa shape index (κ3) is 3.75. The van der Waals surface area contributed by atoms with Crippen LogP contribution in [0.4, 0.5) is 4.79 Å². The highest BCUT2D eigenvalue weighted by molar-refractivity contribution is 5.70. The van der Waals surface area contributed by atoms with Crippen LogP contribution in [0.5, 0.6) is 0 Å². The Morgan fingerprint density at radius 3 is 2.73 bits per heavy atom. The van der Waals surface area contributed by atoms with Crippen LogP contribution in [0.3, 0.4) is 0 Å². The number of likely N-dealkylation sites (tertiary alicyclic amines) is 1. The molecule has 1 amide bonds. The Labute approximate surface area is 130 Å². The molecule has 1 fully saturated rings. The largest absolute Gasteiger partial charge is 0.444 e. The number of amides is 1. The lowest BCUT2D eigenvalue weighted by molar-refractivity contribution is -0.0718. The molecular weight excluding hydrogens is 280 g/mol. The zero-order valence-corrected chi connectivity index (χ0v) is 12.4. The Hall–Kier alpha value is -2.11. The molecule has 0 aromatic heterocycles. The van der Waals surface area contributed by atoms with Gasteiger partial charge in [-0.1, -0.05) is 36.4 Å². The van der Waals surface area contributed by atoms with Gasteiger partial charge in [0.15, 0.2) is 6.23 Å². The number of carbonyl (C=O) groups is 1. The van der Waals surface area contributed by atoms with Crippen molar-refractivity contribution in [3.8, 4) is 0 Å². The average Bonchev–Trinajstić information content (AvgIpc) is 2.52. The quantitative estimate of drug-likeness (QED) is 0.838.